The average Bonchev–Trinajstić information content (AvgIpc) is 2.19. The predicted octanol–water partition coefficient (Wildman–Crippen LogP) is 2.81. The summed E-state index contributed by atoms with van der Waals surface area (Å²) in [6, 6.07) is 7.33. The van der Waals surface area contributed by atoms with Crippen LogP contribution in [-0.4, -0.2) is 11.7 Å². The number of aromatic hydroxyl groups is 1. The number of hydrogen-bond acceptors (Lipinski definition) is 2. The minimum absolute atomic E-state index is 0.147. The molecule has 0 saturated carbocycles. The van der Waals surface area contributed by atoms with E-state index in [1.54, 1.807) is 12.1 Å². The van der Waals surface area contributed by atoms with Crippen molar-refractivity contribution >= 4 is 0 Å². The first kappa shape index (κ1) is 9.53. The molecule has 1 aromatic rings. The van der Waals surface area contributed by atoms with Gasteiger partial charge in [-0.05, 0) is 43.9 Å². The third kappa shape index (κ3) is 1.75. The van der Waals surface area contributed by atoms with E-state index in [0.717, 1.165) is 25.0 Å². The Bertz CT molecular complexity index is 297. The fourth-order valence-corrected chi connectivity index (χ4v) is 1.98. The van der Waals surface area contributed by atoms with Gasteiger partial charge in [-0.3, -0.25) is 0 Å². The van der Waals surface area contributed by atoms with Gasteiger partial charge in [0.2, 0.25) is 0 Å². The second kappa shape index (κ2) is 3.62. The molecule has 0 spiro atoms. The predicted molar refractivity (Wildman–Crippen MR) is 55.3 cm³/mol. The van der Waals surface area contributed by atoms with Crippen LogP contribution in [0.15, 0.2) is 24.3 Å². The fourth-order valence-electron chi connectivity index (χ4n) is 1.98. The molecule has 2 rings (SSSR count). The molecule has 0 amide bonds. The summed E-state index contributed by atoms with van der Waals surface area (Å²) >= 11 is 0. The molecule has 1 aromatic carbocycles. The number of hydrogen-bond donors (Lipinski definition) is 1. The molecule has 1 fully saturated rings. The molecule has 1 atom stereocenters. The van der Waals surface area contributed by atoms with E-state index in [1.807, 2.05) is 12.1 Å². The SMILES string of the molecule is CC1(c2ccc(O)cc2)CCCCO1. The Balaban J connectivity index is 2.23. The lowest BCUT2D eigenvalue weighted by atomic mass is 9.88. The zero-order valence-electron chi connectivity index (χ0n) is 8.49. The van der Waals surface area contributed by atoms with Crippen LogP contribution in [-0.2, 0) is 10.3 Å². The first-order valence-electron chi connectivity index (χ1n) is 5.14. The Kier molecular flexibility index (Phi) is 2.46. The van der Waals surface area contributed by atoms with Crippen molar-refractivity contribution in [3.05, 3.63) is 29.8 Å². The molecule has 0 radical (unpaired) electrons. The molecule has 0 aromatic heterocycles. The maximum Gasteiger partial charge on any atom is 0.115 e. The van der Waals surface area contributed by atoms with Crippen LogP contribution < -0.4 is 0 Å². The fraction of sp³-hybridized carbons (Fsp3) is 0.500. The number of phenols is 1. The lowest BCUT2D eigenvalue weighted by Crippen LogP contribution is -2.29. The maximum absolute atomic E-state index is 9.20. The van der Waals surface area contributed by atoms with Crippen LogP contribution in [0.2, 0.25) is 0 Å². The number of rotatable bonds is 1. The van der Waals surface area contributed by atoms with Crippen LogP contribution in [0.25, 0.3) is 0 Å². The Morgan fingerprint density at radius 1 is 1.21 bits per heavy atom. The van der Waals surface area contributed by atoms with Gasteiger partial charge in [0.25, 0.3) is 0 Å². The standard InChI is InChI=1S/C12H16O2/c1-12(8-2-3-9-14-12)10-4-6-11(13)7-5-10/h4-7,13H,2-3,8-9H2,1H3. The first-order valence-corrected chi connectivity index (χ1v) is 5.14. The third-order valence-corrected chi connectivity index (χ3v) is 2.95. The van der Waals surface area contributed by atoms with Crippen molar-refractivity contribution in [2.24, 2.45) is 0 Å². The zero-order chi connectivity index (χ0) is 10.0. The summed E-state index contributed by atoms with van der Waals surface area (Å²) in [5.41, 5.74) is 1.02. The van der Waals surface area contributed by atoms with E-state index in [0.29, 0.717) is 5.75 Å². The molecule has 14 heavy (non-hydrogen) atoms. The summed E-state index contributed by atoms with van der Waals surface area (Å²) < 4.78 is 5.81. The number of ether oxygens (including phenoxy) is 1. The molecule has 2 heteroatoms. The highest BCUT2D eigenvalue weighted by atomic mass is 16.5. The van der Waals surface area contributed by atoms with Crippen LogP contribution >= 0.6 is 0 Å². The van der Waals surface area contributed by atoms with E-state index >= 15 is 0 Å². The van der Waals surface area contributed by atoms with Crippen LogP contribution in [0.4, 0.5) is 0 Å². The van der Waals surface area contributed by atoms with Gasteiger partial charge in [0.15, 0.2) is 0 Å². The second-order valence-corrected chi connectivity index (χ2v) is 4.08. The Morgan fingerprint density at radius 3 is 2.50 bits per heavy atom. The topological polar surface area (TPSA) is 29.5 Å². The minimum atomic E-state index is -0.147. The van der Waals surface area contributed by atoms with E-state index in [4.69, 9.17) is 4.74 Å². The molecule has 1 saturated heterocycles. The van der Waals surface area contributed by atoms with Crippen LogP contribution in [0.5, 0.6) is 5.75 Å². The monoisotopic (exact) mass is 192 g/mol. The third-order valence-electron chi connectivity index (χ3n) is 2.95. The average molecular weight is 192 g/mol. The molecule has 0 bridgehead atoms. The normalized spacial score (nSPS) is 27.5. The summed E-state index contributed by atoms with van der Waals surface area (Å²) in [5, 5.41) is 9.20. The van der Waals surface area contributed by atoms with Crippen molar-refractivity contribution in [1.29, 1.82) is 0 Å². The van der Waals surface area contributed by atoms with Gasteiger partial charge in [-0.15, -0.1) is 0 Å². The molecule has 76 valence electrons. The molecule has 1 heterocycles. The lowest BCUT2D eigenvalue weighted by Gasteiger charge is -2.34. The van der Waals surface area contributed by atoms with E-state index in [1.165, 1.54) is 6.42 Å². The first-order chi connectivity index (χ1) is 6.71. The van der Waals surface area contributed by atoms with Crippen molar-refractivity contribution in [2.45, 2.75) is 31.8 Å². The number of phenolic OH excluding ortho intramolecular Hbond substituents is 1. The Morgan fingerprint density at radius 2 is 1.93 bits per heavy atom. The highest BCUT2D eigenvalue weighted by Crippen LogP contribution is 2.34. The zero-order valence-corrected chi connectivity index (χ0v) is 8.49. The lowest BCUT2D eigenvalue weighted by molar-refractivity contribution is -0.0701. The molecule has 1 N–H and O–H groups in total. The van der Waals surface area contributed by atoms with Gasteiger partial charge in [-0.25, -0.2) is 0 Å². The van der Waals surface area contributed by atoms with E-state index in [2.05, 4.69) is 6.92 Å². The number of benzene rings is 1. The molecular formula is C12H16O2. The second-order valence-electron chi connectivity index (χ2n) is 4.08. The quantitative estimate of drug-likeness (QED) is 0.741. The highest BCUT2D eigenvalue weighted by molar-refractivity contribution is 5.29. The van der Waals surface area contributed by atoms with E-state index in [9.17, 15) is 5.11 Å². The smallest absolute Gasteiger partial charge is 0.115 e. The van der Waals surface area contributed by atoms with Gasteiger partial charge in [-0.2, -0.15) is 0 Å². The van der Waals surface area contributed by atoms with Crippen molar-refractivity contribution in [3.8, 4) is 5.75 Å². The molecular weight excluding hydrogens is 176 g/mol. The van der Waals surface area contributed by atoms with Crippen LogP contribution in [0.3, 0.4) is 0 Å². The van der Waals surface area contributed by atoms with Crippen LogP contribution in [0, 0.1) is 0 Å². The van der Waals surface area contributed by atoms with Gasteiger partial charge < -0.3 is 9.84 Å². The van der Waals surface area contributed by atoms with Gasteiger partial charge in [0, 0.05) is 6.61 Å². The summed E-state index contributed by atoms with van der Waals surface area (Å²) in [5.74, 6) is 0.313. The molecule has 1 aliphatic rings. The largest absolute Gasteiger partial charge is 0.508 e. The van der Waals surface area contributed by atoms with Crippen molar-refractivity contribution in [1.82, 2.24) is 0 Å². The van der Waals surface area contributed by atoms with Crippen molar-refractivity contribution < 1.29 is 9.84 Å². The summed E-state index contributed by atoms with van der Waals surface area (Å²) in [7, 11) is 0. The molecule has 0 aliphatic carbocycles. The molecule has 2 nitrogen and oxygen atoms in total. The Hall–Kier alpha value is -1.02. The van der Waals surface area contributed by atoms with Crippen molar-refractivity contribution in [2.75, 3.05) is 6.61 Å². The van der Waals surface area contributed by atoms with Gasteiger partial charge in [0.1, 0.15) is 5.75 Å². The van der Waals surface area contributed by atoms with Crippen LogP contribution in [0.1, 0.15) is 31.7 Å². The van der Waals surface area contributed by atoms with Gasteiger partial charge >= 0.3 is 0 Å². The summed E-state index contributed by atoms with van der Waals surface area (Å²) in [6.45, 7) is 2.97. The molecule has 1 unspecified atom stereocenters. The molecule has 1 aliphatic heterocycles. The summed E-state index contributed by atoms with van der Waals surface area (Å²) in [4.78, 5) is 0. The van der Waals surface area contributed by atoms with Crippen molar-refractivity contribution in [3.63, 3.8) is 0 Å². The minimum Gasteiger partial charge on any atom is -0.508 e. The summed E-state index contributed by atoms with van der Waals surface area (Å²) in [6.07, 6.45) is 3.45. The van der Waals surface area contributed by atoms with Gasteiger partial charge in [0.05, 0.1) is 5.60 Å². The van der Waals surface area contributed by atoms with Gasteiger partial charge in [-0.1, -0.05) is 12.1 Å². The maximum atomic E-state index is 9.20. The Labute approximate surface area is 84.5 Å². The van der Waals surface area contributed by atoms with E-state index in [-0.39, 0.29) is 5.60 Å². The van der Waals surface area contributed by atoms with E-state index < -0.39 is 0 Å². The highest BCUT2D eigenvalue weighted by Gasteiger charge is 2.29.